The molecule has 0 heterocycles. The van der Waals surface area contributed by atoms with Crippen LogP contribution in [0.1, 0.15) is 12.5 Å². The van der Waals surface area contributed by atoms with Gasteiger partial charge in [-0.1, -0.05) is 12.1 Å². The second kappa shape index (κ2) is 6.55. The third-order valence-corrected chi connectivity index (χ3v) is 4.39. The van der Waals surface area contributed by atoms with Gasteiger partial charge in [-0.3, -0.25) is 0 Å². The molecule has 1 atom stereocenters. The summed E-state index contributed by atoms with van der Waals surface area (Å²) in [7, 11) is -3.66. The molecule has 0 aliphatic carbocycles. The predicted molar refractivity (Wildman–Crippen MR) is 67.9 cm³/mol. The Morgan fingerprint density at radius 1 is 1.25 bits per heavy atom. The SMILES string of the molecule is CC(OCCS(=O)(=O)c1ccc(CN)cc1)C(F)(F)F. The molecular formula is C12H16F3NO3S. The van der Waals surface area contributed by atoms with Crippen LogP contribution >= 0.6 is 0 Å². The summed E-state index contributed by atoms with van der Waals surface area (Å²) < 4.78 is 64.8. The van der Waals surface area contributed by atoms with Gasteiger partial charge in [-0.05, 0) is 24.6 Å². The second-order valence-corrected chi connectivity index (χ2v) is 6.33. The van der Waals surface area contributed by atoms with E-state index < -0.39 is 34.5 Å². The van der Waals surface area contributed by atoms with Crippen molar-refractivity contribution >= 4 is 9.84 Å². The van der Waals surface area contributed by atoms with Crippen LogP contribution in [-0.4, -0.2) is 33.1 Å². The third-order valence-electron chi connectivity index (χ3n) is 2.70. The Bertz CT molecular complexity index is 526. The van der Waals surface area contributed by atoms with Gasteiger partial charge in [0.2, 0.25) is 0 Å². The number of hydrogen-bond donors (Lipinski definition) is 1. The minimum Gasteiger partial charge on any atom is -0.368 e. The van der Waals surface area contributed by atoms with E-state index in [4.69, 9.17) is 5.73 Å². The molecule has 0 radical (unpaired) electrons. The van der Waals surface area contributed by atoms with Gasteiger partial charge < -0.3 is 10.5 Å². The molecule has 114 valence electrons. The van der Waals surface area contributed by atoms with E-state index in [0.717, 1.165) is 12.5 Å². The minimum atomic E-state index is -4.49. The fourth-order valence-electron chi connectivity index (χ4n) is 1.38. The van der Waals surface area contributed by atoms with Crippen LogP contribution < -0.4 is 5.73 Å². The highest BCUT2D eigenvalue weighted by Gasteiger charge is 2.37. The first kappa shape index (κ1) is 16.9. The summed E-state index contributed by atoms with van der Waals surface area (Å²) in [6, 6.07) is 5.88. The van der Waals surface area contributed by atoms with Gasteiger partial charge in [0.1, 0.15) is 0 Å². The fourth-order valence-corrected chi connectivity index (χ4v) is 2.48. The molecule has 0 aliphatic heterocycles. The summed E-state index contributed by atoms with van der Waals surface area (Å²) in [5, 5.41) is 0. The first-order valence-corrected chi connectivity index (χ1v) is 7.52. The molecule has 0 aromatic heterocycles. The molecule has 0 amide bonds. The number of ether oxygens (including phenoxy) is 1. The lowest BCUT2D eigenvalue weighted by Crippen LogP contribution is -2.30. The lowest BCUT2D eigenvalue weighted by molar-refractivity contribution is -0.212. The molecule has 0 bridgehead atoms. The van der Waals surface area contributed by atoms with Gasteiger partial charge in [0.05, 0.1) is 17.3 Å². The Kier molecular flexibility index (Phi) is 5.55. The Hall–Kier alpha value is -1.12. The predicted octanol–water partition coefficient (Wildman–Crippen LogP) is 1.89. The highest BCUT2D eigenvalue weighted by atomic mass is 32.2. The van der Waals surface area contributed by atoms with Gasteiger partial charge in [0.25, 0.3) is 0 Å². The van der Waals surface area contributed by atoms with E-state index in [9.17, 15) is 21.6 Å². The van der Waals surface area contributed by atoms with E-state index in [1.807, 2.05) is 0 Å². The molecule has 0 saturated heterocycles. The van der Waals surface area contributed by atoms with Crippen LogP contribution in [-0.2, 0) is 21.1 Å². The molecule has 1 aromatic carbocycles. The Morgan fingerprint density at radius 2 is 1.80 bits per heavy atom. The monoisotopic (exact) mass is 311 g/mol. The molecule has 1 unspecified atom stereocenters. The topological polar surface area (TPSA) is 69.4 Å². The zero-order valence-electron chi connectivity index (χ0n) is 10.9. The molecule has 0 saturated carbocycles. The smallest absolute Gasteiger partial charge is 0.368 e. The average molecular weight is 311 g/mol. The summed E-state index contributed by atoms with van der Waals surface area (Å²) in [6.45, 7) is 0.608. The van der Waals surface area contributed by atoms with Crippen LogP contribution in [0.3, 0.4) is 0 Å². The summed E-state index contributed by atoms with van der Waals surface area (Å²) in [5.41, 5.74) is 6.16. The van der Waals surface area contributed by atoms with E-state index in [2.05, 4.69) is 4.74 Å². The maximum atomic E-state index is 12.2. The first-order chi connectivity index (χ1) is 9.16. The van der Waals surface area contributed by atoms with Crippen LogP contribution in [0.2, 0.25) is 0 Å². The number of sulfone groups is 1. The van der Waals surface area contributed by atoms with E-state index in [1.165, 1.54) is 12.1 Å². The first-order valence-electron chi connectivity index (χ1n) is 5.87. The van der Waals surface area contributed by atoms with Crippen LogP contribution in [0, 0.1) is 0 Å². The van der Waals surface area contributed by atoms with Crippen LogP contribution in [0.5, 0.6) is 0 Å². The quantitative estimate of drug-likeness (QED) is 0.871. The number of nitrogens with two attached hydrogens (primary N) is 1. The second-order valence-electron chi connectivity index (χ2n) is 4.22. The normalized spacial score (nSPS) is 14.2. The van der Waals surface area contributed by atoms with Gasteiger partial charge in [0, 0.05) is 6.54 Å². The number of halogens is 3. The van der Waals surface area contributed by atoms with Crippen molar-refractivity contribution in [1.29, 1.82) is 0 Å². The average Bonchev–Trinajstić information content (AvgIpc) is 2.37. The summed E-state index contributed by atoms with van der Waals surface area (Å²) >= 11 is 0. The molecule has 0 fully saturated rings. The summed E-state index contributed by atoms with van der Waals surface area (Å²) in [6.07, 6.45) is -6.48. The zero-order valence-corrected chi connectivity index (χ0v) is 11.7. The lowest BCUT2D eigenvalue weighted by atomic mass is 10.2. The molecule has 20 heavy (non-hydrogen) atoms. The van der Waals surface area contributed by atoms with E-state index in [-0.39, 0.29) is 11.4 Å². The van der Waals surface area contributed by atoms with Crippen molar-refractivity contribution in [2.75, 3.05) is 12.4 Å². The van der Waals surface area contributed by atoms with Gasteiger partial charge in [0.15, 0.2) is 15.9 Å². The molecular weight excluding hydrogens is 295 g/mol. The Balaban J connectivity index is 2.61. The van der Waals surface area contributed by atoms with Crippen molar-refractivity contribution in [2.24, 2.45) is 5.73 Å². The van der Waals surface area contributed by atoms with Crippen molar-refractivity contribution in [3.63, 3.8) is 0 Å². The van der Waals surface area contributed by atoms with E-state index >= 15 is 0 Å². The fraction of sp³-hybridized carbons (Fsp3) is 0.500. The van der Waals surface area contributed by atoms with E-state index in [0.29, 0.717) is 0 Å². The Labute approximate surface area is 115 Å². The number of rotatable bonds is 6. The van der Waals surface area contributed by atoms with Gasteiger partial charge >= 0.3 is 6.18 Å². The van der Waals surface area contributed by atoms with Gasteiger partial charge in [-0.2, -0.15) is 13.2 Å². The standard InChI is InChI=1S/C12H16F3NO3S/c1-9(12(13,14)15)19-6-7-20(17,18)11-4-2-10(8-16)3-5-11/h2-5,9H,6-8,16H2,1H3. The minimum absolute atomic E-state index is 0.0398. The largest absolute Gasteiger partial charge is 0.414 e. The highest BCUT2D eigenvalue weighted by Crippen LogP contribution is 2.22. The van der Waals surface area contributed by atoms with Crippen molar-refractivity contribution in [3.05, 3.63) is 29.8 Å². The lowest BCUT2D eigenvalue weighted by Gasteiger charge is -2.16. The molecule has 2 N–H and O–H groups in total. The number of hydrogen-bond acceptors (Lipinski definition) is 4. The third kappa shape index (κ3) is 4.77. The molecule has 0 spiro atoms. The van der Waals surface area contributed by atoms with Crippen molar-refractivity contribution in [3.8, 4) is 0 Å². The Morgan fingerprint density at radius 3 is 2.25 bits per heavy atom. The summed E-state index contributed by atoms with van der Waals surface area (Å²) in [5.74, 6) is -0.505. The van der Waals surface area contributed by atoms with Crippen molar-refractivity contribution in [1.82, 2.24) is 0 Å². The summed E-state index contributed by atoms with van der Waals surface area (Å²) in [4.78, 5) is 0.0398. The highest BCUT2D eigenvalue weighted by molar-refractivity contribution is 7.91. The van der Waals surface area contributed by atoms with Gasteiger partial charge in [-0.25, -0.2) is 8.42 Å². The number of alkyl halides is 3. The maximum absolute atomic E-state index is 12.2. The van der Waals surface area contributed by atoms with Gasteiger partial charge in [-0.15, -0.1) is 0 Å². The van der Waals surface area contributed by atoms with Crippen molar-refractivity contribution < 1.29 is 26.3 Å². The van der Waals surface area contributed by atoms with Crippen molar-refractivity contribution in [2.45, 2.75) is 30.6 Å². The molecule has 1 aromatic rings. The number of benzene rings is 1. The van der Waals surface area contributed by atoms with Crippen LogP contribution in [0.25, 0.3) is 0 Å². The maximum Gasteiger partial charge on any atom is 0.414 e. The zero-order chi connectivity index (χ0) is 15.4. The van der Waals surface area contributed by atoms with Crippen LogP contribution in [0.4, 0.5) is 13.2 Å². The molecule has 1 rings (SSSR count). The molecule has 0 aliphatic rings. The molecule has 4 nitrogen and oxygen atoms in total. The van der Waals surface area contributed by atoms with Crippen LogP contribution in [0.15, 0.2) is 29.2 Å². The van der Waals surface area contributed by atoms with E-state index in [1.54, 1.807) is 12.1 Å². The molecule has 8 heteroatoms.